The number of likely N-dealkylation sites (N-methyl/N-ethyl adjacent to an activating group) is 1. The number of benzene rings is 1. The predicted molar refractivity (Wildman–Crippen MR) is 106 cm³/mol. The largest absolute Gasteiger partial charge is 0.490 e. The Morgan fingerprint density at radius 1 is 1.20 bits per heavy atom. The van der Waals surface area contributed by atoms with Crippen LogP contribution in [0.25, 0.3) is 10.9 Å². The van der Waals surface area contributed by atoms with Crippen molar-refractivity contribution in [1.29, 1.82) is 0 Å². The summed E-state index contributed by atoms with van der Waals surface area (Å²) < 4.78 is 31.7. The van der Waals surface area contributed by atoms with Gasteiger partial charge in [0.25, 0.3) is 0 Å². The molecule has 3 aromatic rings. The van der Waals surface area contributed by atoms with Crippen molar-refractivity contribution in [3.05, 3.63) is 60.6 Å². The molecule has 4 N–H and O–H groups in total. The highest BCUT2D eigenvalue weighted by molar-refractivity contribution is 6.03. The summed E-state index contributed by atoms with van der Waals surface area (Å²) in [5.41, 5.74) is 8.83. The van der Waals surface area contributed by atoms with Gasteiger partial charge in [-0.3, -0.25) is 9.78 Å². The minimum Gasteiger partial charge on any atom is -0.475 e. The van der Waals surface area contributed by atoms with E-state index in [9.17, 15) is 18.0 Å². The number of H-pyrrole nitrogens is 1. The van der Waals surface area contributed by atoms with Crippen LogP contribution >= 0.6 is 0 Å². The van der Waals surface area contributed by atoms with Crippen molar-refractivity contribution in [2.75, 3.05) is 11.9 Å². The zero-order chi connectivity index (χ0) is 22.3. The lowest BCUT2D eigenvalue weighted by atomic mass is 10.1. The Hall–Kier alpha value is -3.40. The number of nitrogens with two attached hydrogens (primary N) is 1. The molecule has 2 heterocycles. The lowest BCUT2D eigenvalue weighted by Crippen LogP contribution is -2.42. The van der Waals surface area contributed by atoms with Crippen LogP contribution in [0.1, 0.15) is 12.1 Å². The van der Waals surface area contributed by atoms with Gasteiger partial charge in [0.05, 0.1) is 17.2 Å². The Kier molecular flexibility index (Phi) is 7.54. The fourth-order valence-electron chi connectivity index (χ4n) is 2.69. The van der Waals surface area contributed by atoms with Crippen molar-refractivity contribution in [2.24, 2.45) is 5.73 Å². The Morgan fingerprint density at radius 2 is 1.90 bits per heavy atom. The number of aliphatic carboxylic acids is 1. The van der Waals surface area contributed by atoms with Crippen molar-refractivity contribution < 1.29 is 27.9 Å². The minimum atomic E-state index is -5.08. The second-order valence-corrected chi connectivity index (χ2v) is 6.39. The molecule has 1 atom stereocenters. The summed E-state index contributed by atoms with van der Waals surface area (Å²) in [5, 5.41) is 8.20. The molecule has 0 aliphatic rings. The highest BCUT2D eigenvalue weighted by atomic mass is 19.4. The maximum Gasteiger partial charge on any atom is 0.490 e. The number of aromatic amines is 1. The Labute approximate surface area is 170 Å². The molecule has 7 nitrogen and oxygen atoms in total. The highest BCUT2D eigenvalue weighted by Gasteiger charge is 2.38. The van der Waals surface area contributed by atoms with Crippen LogP contribution in [-0.2, 0) is 16.0 Å². The number of carboxylic acids is 1. The lowest BCUT2D eigenvalue weighted by Gasteiger charge is -2.22. The van der Waals surface area contributed by atoms with Gasteiger partial charge in [-0.1, -0.05) is 18.2 Å². The molecule has 0 fully saturated rings. The molecule has 2 aromatic heterocycles. The number of anilines is 1. The Balaban J connectivity index is 0.000000396. The average molecular weight is 422 g/mol. The smallest absolute Gasteiger partial charge is 0.475 e. The summed E-state index contributed by atoms with van der Waals surface area (Å²) in [6.07, 6.45) is -0.205. The van der Waals surface area contributed by atoms with Crippen LogP contribution in [0.4, 0.5) is 18.9 Å². The van der Waals surface area contributed by atoms with Crippen LogP contribution in [0.3, 0.4) is 0 Å². The van der Waals surface area contributed by atoms with Gasteiger partial charge in [0.1, 0.15) is 0 Å². The summed E-state index contributed by atoms with van der Waals surface area (Å²) in [6.45, 7) is 0. The van der Waals surface area contributed by atoms with E-state index >= 15 is 0 Å². The van der Waals surface area contributed by atoms with Crippen molar-refractivity contribution in [1.82, 2.24) is 9.97 Å². The lowest BCUT2D eigenvalue weighted by molar-refractivity contribution is -0.192. The number of para-hydroxylation sites is 1. The Morgan fingerprint density at radius 3 is 2.50 bits per heavy atom. The van der Waals surface area contributed by atoms with Gasteiger partial charge in [0.2, 0.25) is 5.91 Å². The molecule has 0 spiro atoms. The topological polar surface area (TPSA) is 112 Å². The number of amides is 1. The predicted octanol–water partition coefficient (Wildman–Crippen LogP) is 3.12. The summed E-state index contributed by atoms with van der Waals surface area (Å²) in [7, 11) is 1.76. The normalized spacial score (nSPS) is 12.0. The van der Waals surface area contributed by atoms with Gasteiger partial charge in [-0.05, 0) is 37.1 Å². The van der Waals surface area contributed by atoms with Crippen LogP contribution in [0.5, 0.6) is 0 Å². The van der Waals surface area contributed by atoms with E-state index in [-0.39, 0.29) is 5.91 Å². The number of fused-ring (bicyclic) bond motifs is 1. The van der Waals surface area contributed by atoms with Gasteiger partial charge in [-0.25, -0.2) is 4.79 Å². The van der Waals surface area contributed by atoms with E-state index in [4.69, 9.17) is 15.6 Å². The van der Waals surface area contributed by atoms with Gasteiger partial charge in [-0.15, -0.1) is 0 Å². The van der Waals surface area contributed by atoms with Crippen molar-refractivity contribution in [2.45, 2.75) is 25.1 Å². The number of halogens is 3. The molecule has 1 amide bonds. The first kappa shape index (κ1) is 22.9. The monoisotopic (exact) mass is 422 g/mol. The number of hydrogen-bond acceptors (Lipinski definition) is 4. The summed E-state index contributed by atoms with van der Waals surface area (Å²) >= 11 is 0. The minimum absolute atomic E-state index is 0.0944. The zero-order valence-corrected chi connectivity index (χ0v) is 16.1. The molecule has 10 heteroatoms. The third-order valence-corrected chi connectivity index (χ3v) is 4.25. The number of aryl methyl sites for hydroxylation is 1. The van der Waals surface area contributed by atoms with E-state index in [1.54, 1.807) is 18.1 Å². The molecular weight excluding hydrogens is 401 g/mol. The first-order valence-electron chi connectivity index (χ1n) is 8.90. The number of aromatic nitrogens is 2. The van der Waals surface area contributed by atoms with Crippen LogP contribution in [-0.4, -0.2) is 46.2 Å². The van der Waals surface area contributed by atoms with Crippen molar-refractivity contribution >= 4 is 28.5 Å². The third-order valence-electron chi connectivity index (χ3n) is 4.25. The molecule has 1 aromatic carbocycles. The molecular formula is C20H21F3N4O3. The molecule has 0 saturated heterocycles. The third kappa shape index (κ3) is 6.05. The van der Waals surface area contributed by atoms with Gasteiger partial charge in [-0.2, -0.15) is 13.2 Å². The van der Waals surface area contributed by atoms with E-state index in [2.05, 4.69) is 9.97 Å². The number of carbonyl (C=O) groups is 2. The van der Waals surface area contributed by atoms with Crippen molar-refractivity contribution in [3.63, 3.8) is 0 Å². The van der Waals surface area contributed by atoms with E-state index in [1.165, 1.54) is 0 Å². The summed E-state index contributed by atoms with van der Waals surface area (Å²) in [5.74, 6) is -2.85. The molecule has 3 rings (SSSR count). The van der Waals surface area contributed by atoms with Crippen LogP contribution < -0.4 is 10.6 Å². The van der Waals surface area contributed by atoms with Gasteiger partial charge >= 0.3 is 12.1 Å². The first-order chi connectivity index (χ1) is 14.1. The molecule has 0 bridgehead atoms. The molecule has 0 aliphatic carbocycles. The highest BCUT2D eigenvalue weighted by Crippen LogP contribution is 2.25. The number of rotatable bonds is 5. The number of carbonyl (C=O) groups excluding carboxylic acids is 1. The van der Waals surface area contributed by atoms with Crippen molar-refractivity contribution in [3.8, 4) is 0 Å². The second kappa shape index (κ2) is 9.88. The van der Waals surface area contributed by atoms with Gasteiger partial charge < -0.3 is 20.7 Å². The second-order valence-electron chi connectivity index (χ2n) is 6.39. The van der Waals surface area contributed by atoms with Gasteiger partial charge in [0, 0.05) is 30.5 Å². The first-order valence-corrected chi connectivity index (χ1v) is 8.90. The summed E-state index contributed by atoms with van der Waals surface area (Å²) in [6, 6.07) is 13.1. The maximum atomic E-state index is 12.6. The molecule has 0 aliphatic heterocycles. The fourth-order valence-corrected chi connectivity index (χ4v) is 2.69. The maximum absolute atomic E-state index is 12.6. The van der Waals surface area contributed by atoms with Crippen LogP contribution in [0, 0.1) is 0 Å². The molecule has 30 heavy (non-hydrogen) atoms. The summed E-state index contributed by atoms with van der Waals surface area (Å²) in [4.78, 5) is 30.6. The SMILES string of the molecule is CN(C(=O)C(N)CCc1ccccn1)c1cccc2cc[nH]c12.O=C(O)C(F)(F)F. The number of hydrogen-bond donors (Lipinski definition) is 3. The standard InChI is InChI=1S/C18H20N4O.C2HF3O2/c1-22(16-7-4-5-13-10-12-21-17(13)16)18(23)15(19)9-8-14-6-2-3-11-20-14;3-2(4,5)1(6)7/h2-7,10-12,15,21H,8-9,19H2,1H3;(H,6,7). The molecule has 1 unspecified atom stereocenters. The molecule has 0 saturated carbocycles. The van der Waals surface area contributed by atoms with E-state index < -0.39 is 18.2 Å². The number of alkyl halides is 3. The van der Waals surface area contributed by atoms with E-state index in [0.29, 0.717) is 12.8 Å². The average Bonchev–Trinajstić information content (AvgIpc) is 3.20. The van der Waals surface area contributed by atoms with Crippen LogP contribution in [0.15, 0.2) is 54.9 Å². The van der Waals surface area contributed by atoms with Gasteiger partial charge in [0.15, 0.2) is 0 Å². The zero-order valence-electron chi connectivity index (χ0n) is 16.1. The van der Waals surface area contributed by atoms with E-state index in [1.807, 2.05) is 48.7 Å². The Bertz CT molecular complexity index is 990. The quantitative estimate of drug-likeness (QED) is 0.585. The number of nitrogens with zero attached hydrogens (tertiary/aromatic N) is 2. The fraction of sp³-hybridized carbons (Fsp3) is 0.250. The van der Waals surface area contributed by atoms with E-state index in [0.717, 1.165) is 22.3 Å². The molecule has 160 valence electrons. The number of pyridine rings is 1. The number of nitrogens with one attached hydrogen (secondary N) is 1. The van der Waals surface area contributed by atoms with Crippen LogP contribution in [0.2, 0.25) is 0 Å². The number of carboxylic acid groups (broad SMARTS) is 1. The molecule has 0 radical (unpaired) electrons.